The van der Waals surface area contributed by atoms with Gasteiger partial charge in [0.15, 0.2) is 0 Å². The third-order valence-corrected chi connectivity index (χ3v) is 11.2. The van der Waals surface area contributed by atoms with Crippen molar-refractivity contribution in [3.05, 3.63) is 35.4 Å². The molecule has 1 rings (SSSR count). The van der Waals surface area contributed by atoms with Crippen molar-refractivity contribution in [2.24, 2.45) is 0 Å². The molecule has 1 heteroatoms. The highest BCUT2D eigenvalue weighted by atomic mass is 28.3. The van der Waals surface area contributed by atoms with E-state index in [1.54, 1.807) is 0 Å². The van der Waals surface area contributed by atoms with Crippen molar-refractivity contribution in [3.8, 4) is 11.5 Å². The van der Waals surface area contributed by atoms with Gasteiger partial charge in [0, 0.05) is 5.56 Å². The zero-order valence-corrected chi connectivity index (χ0v) is 16.1. The van der Waals surface area contributed by atoms with E-state index in [-0.39, 0.29) is 0 Å². The second-order valence-corrected chi connectivity index (χ2v) is 13.0. The van der Waals surface area contributed by atoms with E-state index in [2.05, 4.69) is 91.1 Å². The molecule has 1 aromatic carbocycles. The Morgan fingerprint density at radius 3 is 1.48 bits per heavy atom. The van der Waals surface area contributed by atoms with Gasteiger partial charge in [-0.1, -0.05) is 73.4 Å². The Morgan fingerprint density at radius 1 is 0.714 bits per heavy atom. The molecule has 0 N–H and O–H groups in total. The molecule has 0 radical (unpaired) electrons. The van der Waals surface area contributed by atoms with Crippen LogP contribution in [0.1, 0.15) is 72.4 Å². The molecule has 0 saturated heterocycles. The Kier molecular flexibility index (Phi) is 6.29. The van der Waals surface area contributed by atoms with E-state index in [1.165, 1.54) is 11.1 Å². The standard InChI is InChI=1S/C20H32Si/c1-15(2)20-11-9-19(10-12-20)13-14-21(16(3)4,17(5)6)18(7)8/h9-12,15-18H,1-8H3. The van der Waals surface area contributed by atoms with E-state index in [4.69, 9.17) is 0 Å². The van der Waals surface area contributed by atoms with Crippen molar-refractivity contribution >= 4 is 8.07 Å². The molecule has 0 amide bonds. The minimum absolute atomic E-state index is 0.586. The molecule has 0 aliphatic heterocycles. The van der Waals surface area contributed by atoms with Crippen LogP contribution in [0.25, 0.3) is 0 Å². The average Bonchev–Trinajstić information content (AvgIpc) is 2.38. The molecule has 116 valence electrons. The van der Waals surface area contributed by atoms with Crippen LogP contribution in [0, 0.1) is 11.5 Å². The minimum atomic E-state index is -1.61. The van der Waals surface area contributed by atoms with Crippen LogP contribution >= 0.6 is 0 Å². The summed E-state index contributed by atoms with van der Waals surface area (Å²) in [6.07, 6.45) is 0. The third-order valence-electron chi connectivity index (χ3n) is 4.87. The summed E-state index contributed by atoms with van der Waals surface area (Å²) < 4.78 is 0. The molecule has 0 saturated carbocycles. The van der Waals surface area contributed by atoms with Crippen molar-refractivity contribution in [3.63, 3.8) is 0 Å². The van der Waals surface area contributed by atoms with Crippen LogP contribution in [0.2, 0.25) is 16.6 Å². The van der Waals surface area contributed by atoms with Crippen LogP contribution in [0.15, 0.2) is 24.3 Å². The summed E-state index contributed by atoms with van der Waals surface area (Å²) in [5.74, 6) is 4.09. The molecule has 0 aromatic heterocycles. The van der Waals surface area contributed by atoms with Gasteiger partial charge in [0.05, 0.1) is 0 Å². The number of hydrogen-bond acceptors (Lipinski definition) is 0. The Bertz CT molecular complexity index is 473. The van der Waals surface area contributed by atoms with E-state index in [0.717, 1.165) is 0 Å². The predicted molar refractivity (Wildman–Crippen MR) is 98.5 cm³/mol. The van der Waals surface area contributed by atoms with Gasteiger partial charge in [-0.25, -0.2) is 0 Å². The summed E-state index contributed by atoms with van der Waals surface area (Å²) in [7, 11) is -1.61. The first-order valence-corrected chi connectivity index (χ1v) is 10.6. The van der Waals surface area contributed by atoms with E-state index in [9.17, 15) is 0 Å². The van der Waals surface area contributed by atoms with E-state index in [1.807, 2.05) is 0 Å². The largest absolute Gasteiger partial charge is 0.146 e. The lowest BCUT2D eigenvalue weighted by Gasteiger charge is -2.38. The van der Waals surface area contributed by atoms with Gasteiger partial charge in [0.1, 0.15) is 8.07 Å². The van der Waals surface area contributed by atoms with Gasteiger partial charge in [0.25, 0.3) is 0 Å². The molecular formula is C20H32Si. The van der Waals surface area contributed by atoms with Gasteiger partial charge in [-0.15, -0.1) is 5.54 Å². The van der Waals surface area contributed by atoms with Crippen LogP contribution in [-0.4, -0.2) is 8.07 Å². The topological polar surface area (TPSA) is 0 Å². The summed E-state index contributed by atoms with van der Waals surface area (Å²) in [5, 5.41) is 0. The van der Waals surface area contributed by atoms with E-state index in [0.29, 0.717) is 22.5 Å². The van der Waals surface area contributed by atoms with Crippen molar-refractivity contribution in [2.75, 3.05) is 0 Å². The lowest BCUT2D eigenvalue weighted by atomic mass is 10.0. The Hall–Kier alpha value is -1.00. The van der Waals surface area contributed by atoms with Gasteiger partial charge >= 0.3 is 0 Å². The number of hydrogen-bond donors (Lipinski definition) is 0. The highest BCUT2D eigenvalue weighted by Crippen LogP contribution is 2.40. The van der Waals surface area contributed by atoms with Crippen LogP contribution in [0.4, 0.5) is 0 Å². The second-order valence-electron chi connectivity index (χ2n) is 7.42. The zero-order valence-electron chi connectivity index (χ0n) is 15.1. The molecular weight excluding hydrogens is 268 g/mol. The fraction of sp³-hybridized carbons (Fsp3) is 0.600. The monoisotopic (exact) mass is 300 g/mol. The lowest BCUT2D eigenvalue weighted by molar-refractivity contribution is 0.838. The van der Waals surface area contributed by atoms with E-state index >= 15 is 0 Å². The summed E-state index contributed by atoms with van der Waals surface area (Å²) in [6, 6.07) is 8.81. The quantitative estimate of drug-likeness (QED) is 0.447. The first-order valence-electron chi connectivity index (χ1n) is 8.34. The van der Waals surface area contributed by atoms with E-state index < -0.39 is 8.07 Å². The summed E-state index contributed by atoms with van der Waals surface area (Å²) in [6.45, 7) is 18.6. The third kappa shape index (κ3) is 4.01. The normalized spacial score (nSPS) is 12.2. The van der Waals surface area contributed by atoms with Gasteiger partial charge in [-0.2, -0.15) is 0 Å². The van der Waals surface area contributed by atoms with Crippen LogP contribution in [0.5, 0.6) is 0 Å². The zero-order chi connectivity index (χ0) is 16.2. The highest BCUT2D eigenvalue weighted by Gasteiger charge is 2.41. The average molecular weight is 301 g/mol. The van der Waals surface area contributed by atoms with Gasteiger partial charge < -0.3 is 0 Å². The second kappa shape index (κ2) is 7.32. The highest BCUT2D eigenvalue weighted by molar-refractivity contribution is 6.90. The fourth-order valence-electron chi connectivity index (χ4n) is 3.56. The maximum Gasteiger partial charge on any atom is 0.146 e. The smallest absolute Gasteiger partial charge is 0.125 e. The predicted octanol–water partition coefficient (Wildman–Crippen LogP) is 6.38. The Balaban J connectivity index is 3.16. The molecule has 0 fully saturated rings. The first-order chi connectivity index (χ1) is 9.71. The molecule has 0 unspecified atom stereocenters. The van der Waals surface area contributed by atoms with Crippen molar-refractivity contribution < 1.29 is 0 Å². The van der Waals surface area contributed by atoms with Crippen LogP contribution < -0.4 is 0 Å². The summed E-state index contributed by atoms with van der Waals surface area (Å²) >= 11 is 0. The molecule has 0 spiro atoms. The molecule has 0 bridgehead atoms. The molecule has 21 heavy (non-hydrogen) atoms. The minimum Gasteiger partial charge on any atom is -0.125 e. The molecule has 0 nitrogen and oxygen atoms in total. The van der Waals surface area contributed by atoms with Gasteiger partial charge in [0.2, 0.25) is 0 Å². The maximum atomic E-state index is 3.79. The maximum absolute atomic E-state index is 3.79. The Morgan fingerprint density at radius 2 is 1.14 bits per heavy atom. The molecule has 0 aliphatic rings. The fourth-order valence-corrected chi connectivity index (χ4v) is 8.79. The lowest BCUT2D eigenvalue weighted by Crippen LogP contribution is -2.43. The number of rotatable bonds is 4. The van der Waals surface area contributed by atoms with Crippen molar-refractivity contribution in [2.45, 2.75) is 77.9 Å². The SMILES string of the molecule is CC(C)c1ccc(C#C[Si](C(C)C)(C(C)C)C(C)C)cc1. The Labute approximate surface area is 133 Å². The summed E-state index contributed by atoms with van der Waals surface area (Å²) in [5.41, 5.74) is 8.42. The van der Waals surface area contributed by atoms with Crippen LogP contribution in [0.3, 0.4) is 0 Å². The van der Waals surface area contributed by atoms with Crippen LogP contribution in [-0.2, 0) is 0 Å². The van der Waals surface area contributed by atoms with Gasteiger partial charge in [-0.05, 0) is 40.2 Å². The molecule has 0 heterocycles. The first kappa shape index (κ1) is 18.0. The van der Waals surface area contributed by atoms with Gasteiger partial charge in [-0.3, -0.25) is 0 Å². The molecule has 0 atom stereocenters. The molecule has 1 aromatic rings. The van der Waals surface area contributed by atoms with Crippen molar-refractivity contribution in [1.82, 2.24) is 0 Å². The molecule has 0 aliphatic carbocycles. The number of benzene rings is 1. The van der Waals surface area contributed by atoms with Crippen molar-refractivity contribution in [1.29, 1.82) is 0 Å². The summed E-state index contributed by atoms with van der Waals surface area (Å²) in [4.78, 5) is 0.